The Labute approximate surface area is 173 Å². The summed E-state index contributed by atoms with van der Waals surface area (Å²) in [5, 5.41) is 8.44. The maximum atomic E-state index is 12.6. The minimum absolute atomic E-state index is 0.0609. The summed E-state index contributed by atoms with van der Waals surface area (Å²) in [5.41, 5.74) is 2.54. The number of amides is 3. The van der Waals surface area contributed by atoms with E-state index in [-0.39, 0.29) is 23.5 Å². The topological polar surface area (TPSA) is 92.2 Å². The summed E-state index contributed by atoms with van der Waals surface area (Å²) in [6.07, 6.45) is 3.76. The standard InChI is InChI=1S/C23H22N4O3/c28-21-6-1-2-13-27(21)15-16-7-9-18(10-8-16)24-22(29)17-4-3-5-20(14-17)26-23(30)25-19-11-12-19/h1-10,13-14,19H,11-12,15H2,(H,24,29)(H2,25,26,30). The van der Waals surface area contributed by atoms with Crippen LogP contribution in [0.2, 0.25) is 0 Å². The van der Waals surface area contributed by atoms with E-state index in [9.17, 15) is 14.4 Å². The maximum Gasteiger partial charge on any atom is 0.319 e. The number of carbonyl (C=O) groups is 2. The van der Waals surface area contributed by atoms with Crippen molar-refractivity contribution in [3.8, 4) is 0 Å². The van der Waals surface area contributed by atoms with Gasteiger partial charge in [-0.2, -0.15) is 0 Å². The Morgan fingerprint density at radius 2 is 1.70 bits per heavy atom. The number of carbonyl (C=O) groups excluding carboxylic acids is 2. The number of nitrogens with one attached hydrogen (secondary N) is 3. The highest BCUT2D eigenvalue weighted by molar-refractivity contribution is 6.05. The third-order valence-corrected chi connectivity index (χ3v) is 4.76. The van der Waals surface area contributed by atoms with Gasteiger partial charge in [0, 0.05) is 35.2 Å². The summed E-state index contributed by atoms with van der Waals surface area (Å²) in [6, 6.07) is 19.2. The van der Waals surface area contributed by atoms with E-state index in [1.807, 2.05) is 18.2 Å². The molecule has 30 heavy (non-hydrogen) atoms. The van der Waals surface area contributed by atoms with Crippen LogP contribution in [0.4, 0.5) is 16.2 Å². The van der Waals surface area contributed by atoms with Gasteiger partial charge in [0.1, 0.15) is 0 Å². The molecular formula is C23H22N4O3. The van der Waals surface area contributed by atoms with Crippen LogP contribution in [0.15, 0.2) is 77.7 Å². The van der Waals surface area contributed by atoms with Crippen molar-refractivity contribution in [2.24, 2.45) is 0 Å². The van der Waals surface area contributed by atoms with E-state index in [1.54, 1.807) is 53.2 Å². The van der Waals surface area contributed by atoms with E-state index in [0.717, 1.165) is 18.4 Å². The van der Waals surface area contributed by atoms with Crippen LogP contribution < -0.4 is 21.5 Å². The van der Waals surface area contributed by atoms with Crippen molar-refractivity contribution in [2.45, 2.75) is 25.4 Å². The highest BCUT2D eigenvalue weighted by atomic mass is 16.2. The molecule has 0 atom stereocenters. The van der Waals surface area contributed by atoms with Crippen LogP contribution in [0, 0.1) is 0 Å². The number of anilines is 2. The molecule has 0 unspecified atom stereocenters. The van der Waals surface area contributed by atoms with Gasteiger partial charge in [-0.15, -0.1) is 0 Å². The molecule has 3 amide bonds. The number of pyridine rings is 1. The molecule has 1 aromatic heterocycles. The molecule has 0 bridgehead atoms. The largest absolute Gasteiger partial charge is 0.335 e. The van der Waals surface area contributed by atoms with E-state index >= 15 is 0 Å². The second kappa shape index (κ2) is 8.65. The second-order valence-electron chi connectivity index (χ2n) is 7.27. The smallest absolute Gasteiger partial charge is 0.319 e. The normalized spacial score (nSPS) is 12.8. The average molecular weight is 402 g/mol. The fraction of sp³-hybridized carbons (Fsp3) is 0.174. The molecule has 0 spiro atoms. The SMILES string of the molecule is O=C(Nc1cccc(C(=O)Nc2ccc(Cn3ccccc3=O)cc2)c1)NC1CC1. The van der Waals surface area contributed by atoms with Gasteiger partial charge in [-0.05, 0) is 54.8 Å². The first-order chi connectivity index (χ1) is 14.6. The van der Waals surface area contributed by atoms with Crippen LogP contribution in [0.5, 0.6) is 0 Å². The summed E-state index contributed by atoms with van der Waals surface area (Å²) in [5.74, 6) is -0.270. The molecule has 3 N–H and O–H groups in total. The molecule has 1 fully saturated rings. The lowest BCUT2D eigenvalue weighted by atomic mass is 10.1. The zero-order chi connectivity index (χ0) is 20.9. The van der Waals surface area contributed by atoms with Crippen LogP contribution in [0.25, 0.3) is 0 Å². The Kier molecular flexibility index (Phi) is 5.61. The van der Waals surface area contributed by atoms with Crippen LogP contribution >= 0.6 is 0 Å². The Balaban J connectivity index is 1.37. The Hall–Kier alpha value is -3.87. The highest BCUT2D eigenvalue weighted by Gasteiger charge is 2.23. The van der Waals surface area contributed by atoms with Crippen molar-refractivity contribution in [3.63, 3.8) is 0 Å². The fourth-order valence-corrected chi connectivity index (χ4v) is 3.00. The summed E-state index contributed by atoms with van der Waals surface area (Å²) >= 11 is 0. The number of nitrogens with zero attached hydrogens (tertiary/aromatic N) is 1. The highest BCUT2D eigenvalue weighted by Crippen LogP contribution is 2.19. The van der Waals surface area contributed by atoms with Crippen molar-refractivity contribution in [2.75, 3.05) is 10.6 Å². The molecule has 0 saturated heterocycles. The van der Waals surface area contributed by atoms with Gasteiger partial charge in [0.15, 0.2) is 0 Å². The molecule has 1 heterocycles. The molecule has 0 aliphatic heterocycles. The fourth-order valence-electron chi connectivity index (χ4n) is 3.00. The van der Waals surface area contributed by atoms with Crippen LogP contribution in [0.1, 0.15) is 28.8 Å². The lowest BCUT2D eigenvalue weighted by Gasteiger charge is -2.10. The van der Waals surface area contributed by atoms with Crippen LogP contribution in [-0.2, 0) is 6.54 Å². The zero-order valence-electron chi connectivity index (χ0n) is 16.3. The lowest BCUT2D eigenvalue weighted by molar-refractivity contribution is 0.102. The van der Waals surface area contributed by atoms with Crippen molar-refractivity contribution < 1.29 is 9.59 Å². The van der Waals surface area contributed by atoms with Crippen LogP contribution in [-0.4, -0.2) is 22.5 Å². The Morgan fingerprint density at radius 3 is 2.43 bits per heavy atom. The molecule has 1 saturated carbocycles. The van der Waals surface area contributed by atoms with Crippen molar-refractivity contribution in [1.29, 1.82) is 0 Å². The number of rotatable bonds is 6. The van der Waals surface area contributed by atoms with Crippen molar-refractivity contribution in [3.05, 3.63) is 94.4 Å². The zero-order valence-corrected chi connectivity index (χ0v) is 16.3. The molecule has 7 nitrogen and oxygen atoms in total. The summed E-state index contributed by atoms with van der Waals surface area (Å²) in [7, 11) is 0. The summed E-state index contributed by atoms with van der Waals surface area (Å²) in [4.78, 5) is 36.3. The van der Waals surface area contributed by atoms with E-state index in [0.29, 0.717) is 23.5 Å². The van der Waals surface area contributed by atoms with Gasteiger partial charge in [-0.1, -0.05) is 24.3 Å². The molecule has 152 valence electrons. The summed E-state index contributed by atoms with van der Waals surface area (Å²) in [6.45, 7) is 0.463. The average Bonchev–Trinajstić information content (AvgIpc) is 3.55. The van der Waals surface area contributed by atoms with Crippen molar-refractivity contribution >= 4 is 23.3 Å². The number of aromatic nitrogens is 1. The Morgan fingerprint density at radius 1 is 0.900 bits per heavy atom. The minimum atomic E-state index is -0.270. The van der Waals surface area contributed by atoms with Gasteiger partial charge in [0.2, 0.25) is 0 Å². The number of hydrogen-bond acceptors (Lipinski definition) is 3. The van der Waals surface area contributed by atoms with Gasteiger partial charge < -0.3 is 20.5 Å². The molecular weight excluding hydrogens is 380 g/mol. The number of benzene rings is 2. The van der Waals surface area contributed by atoms with E-state index in [2.05, 4.69) is 16.0 Å². The van der Waals surface area contributed by atoms with Gasteiger partial charge in [0.05, 0.1) is 6.54 Å². The molecule has 4 rings (SSSR count). The monoisotopic (exact) mass is 402 g/mol. The lowest BCUT2D eigenvalue weighted by Crippen LogP contribution is -2.30. The van der Waals surface area contributed by atoms with Crippen LogP contribution in [0.3, 0.4) is 0 Å². The molecule has 1 aliphatic carbocycles. The Bertz CT molecular complexity index is 1120. The maximum absolute atomic E-state index is 12.6. The molecule has 3 aromatic rings. The van der Waals surface area contributed by atoms with Crippen molar-refractivity contribution in [1.82, 2.24) is 9.88 Å². The third kappa shape index (κ3) is 5.14. The first kappa shape index (κ1) is 19.4. The molecule has 2 aromatic carbocycles. The van der Waals surface area contributed by atoms with E-state index in [1.165, 1.54) is 6.07 Å². The first-order valence-corrected chi connectivity index (χ1v) is 9.80. The number of hydrogen-bond donors (Lipinski definition) is 3. The van der Waals surface area contributed by atoms with E-state index in [4.69, 9.17) is 0 Å². The predicted molar refractivity (Wildman–Crippen MR) is 116 cm³/mol. The second-order valence-corrected chi connectivity index (χ2v) is 7.27. The predicted octanol–water partition coefficient (Wildman–Crippen LogP) is 3.43. The van der Waals surface area contributed by atoms with E-state index < -0.39 is 0 Å². The third-order valence-electron chi connectivity index (χ3n) is 4.76. The van der Waals surface area contributed by atoms with Gasteiger partial charge in [-0.25, -0.2) is 4.79 Å². The number of urea groups is 1. The first-order valence-electron chi connectivity index (χ1n) is 9.80. The summed E-state index contributed by atoms with van der Waals surface area (Å²) < 4.78 is 1.62. The minimum Gasteiger partial charge on any atom is -0.335 e. The molecule has 0 radical (unpaired) electrons. The van der Waals surface area contributed by atoms with Gasteiger partial charge in [0.25, 0.3) is 11.5 Å². The molecule has 1 aliphatic rings. The molecule has 7 heteroatoms. The van der Waals surface area contributed by atoms with Gasteiger partial charge >= 0.3 is 6.03 Å². The quantitative estimate of drug-likeness (QED) is 0.590. The van der Waals surface area contributed by atoms with Gasteiger partial charge in [-0.3, -0.25) is 9.59 Å².